The van der Waals surface area contributed by atoms with Gasteiger partial charge in [-0.3, -0.25) is 4.90 Å². The van der Waals surface area contributed by atoms with Crippen LogP contribution in [0.1, 0.15) is 18.4 Å². The lowest BCUT2D eigenvalue weighted by Gasteiger charge is -2.49. The molecule has 1 aromatic carbocycles. The van der Waals surface area contributed by atoms with E-state index in [9.17, 15) is 0 Å². The molecule has 0 aliphatic carbocycles. The van der Waals surface area contributed by atoms with Crippen molar-refractivity contribution in [2.45, 2.75) is 18.9 Å². The maximum atomic E-state index is 8.81. The largest absolute Gasteiger partial charge is 0.361 e. The van der Waals surface area contributed by atoms with Crippen molar-refractivity contribution in [2.24, 2.45) is 11.8 Å². The second-order valence-electron chi connectivity index (χ2n) is 6.36. The molecule has 0 spiro atoms. The lowest BCUT2D eigenvalue weighted by molar-refractivity contribution is 0.0215. The van der Waals surface area contributed by atoms with E-state index in [1.54, 1.807) is 12.1 Å². The zero-order valence-corrected chi connectivity index (χ0v) is 14.0. The molecule has 0 radical (unpaired) electrons. The minimum absolute atomic E-state index is 0.561. The van der Waals surface area contributed by atoms with Gasteiger partial charge in [0.1, 0.15) is 0 Å². The highest BCUT2D eigenvalue weighted by Crippen LogP contribution is 2.36. The van der Waals surface area contributed by atoms with Gasteiger partial charge in [-0.05, 0) is 67.7 Å². The number of nitrogens with zero attached hydrogens (tertiary/aromatic N) is 2. The third kappa shape index (κ3) is 3.72. The second kappa shape index (κ2) is 7.12. The number of nitrogens with one attached hydrogen (secondary N) is 2. The van der Waals surface area contributed by atoms with E-state index in [0.717, 1.165) is 24.7 Å². The number of benzene rings is 1. The number of hydrogen-bond acceptors (Lipinski definition) is 3. The fourth-order valence-corrected chi connectivity index (χ4v) is 3.87. The first kappa shape index (κ1) is 16.0. The fraction of sp³-hybridized carbons (Fsp3) is 0.444. The van der Waals surface area contributed by atoms with Crippen molar-refractivity contribution in [3.63, 3.8) is 0 Å². The zero-order valence-electron chi connectivity index (χ0n) is 13.2. The third-order valence-electron chi connectivity index (χ3n) is 5.00. The molecule has 3 fully saturated rings. The van der Waals surface area contributed by atoms with E-state index < -0.39 is 0 Å². The lowest BCUT2D eigenvalue weighted by atomic mass is 9.76. The Morgan fingerprint density at radius 2 is 2.22 bits per heavy atom. The van der Waals surface area contributed by atoms with E-state index in [0.29, 0.717) is 22.6 Å². The van der Waals surface area contributed by atoms with Gasteiger partial charge in [-0.15, -0.1) is 6.58 Å². The highest BCUT2D eigenvalue weighted by atomic mass is 32.1. The van der Waals surface area contributed by atoms with Crippen molar-refractivity contribution in [1.82, 2.24) is 10.2 Å². The van der Waals surface area contributed by atoms with Gasteiger partial charge in [0, 0.05) is 24.8 Å². The van der Waals surface area contributed by atoms with Crippen LogP contribution in [-0.2, 0) is 0 Å². The van der Waals surface area contributed by atoms with Gasteiger partial charge in [-0.2, -0.15) is 5.26 Å². The van der Waals surface area contributed by atoms with E-state index in [1.165, 1.54) is 19.4 Å². The topological polar surface area (TPSA) is 51.1 Å². The van der Waals surface area contributed by atoms with E-state index in [-0.39, 0.29) is 0 Å². The van der Waals surface area contributed by atoms with Gasteiger partial charge < -0.3 is 10.6 Å². The maximum absolute atomic E-state index is 8.81. The Morgan fingerprint density at radius 3 is 2.83 bits per heavy atom. The van der Waals surface area contributed by atoms with Crippen LogP contribution in [0.3, 0.4) is 0 Å². The molecule has 120 valence electrons. The first-order valence-electron chi connectivity index (χ1n) is 8.11. The van der Waals surface area contributed by atoms with E-state index in [4.69, 9.17) is 17.5 Å². The zero-order chi connectivity index (χ0) is 16.2. The summed E-state index contributed by atoms with van der Waals surface area (Å²) in [6.07, 6.45) is 4.64. The maximum Gasteiger partial charge on any atom is 0.170 e. The quantitative estimate of drug-likeness (QED) is 0.658. The summed E-state index contributed by atoms with van der Waals surface area (Å²) in [5.74, 6) is 1.44. The molecule has 4 rings (SSSR count). The normalized spacial score (nSPS) is 28.7. The molecule has 3 saturated heterocycles. The van der Waals surface area contributed by atoms with Crippen LogP contribution in [-0.4, -0.2) is 35.7 Å². The molecule has 0 saturated carbocycles. The van der Waals surface area contributed by atoms with Crippen LogP contribution in [0.25, 0.3) is 0 Å². The van der Waals surface area contributed by atoms with Crippen LogP contribution in [0, 0.1) is 23.2 Å². The summed E-state index contributed by atoms with van der Waals surface area (Å²) < 4.78 is 0. The monoisotopic (exact) mass is 326 g/mol. The Labute approximate surface area is 143 Å². The molecule has 3 heterocycles. The number of thiocarbonyl (C=S) groups is 1. The molecule has 4 atom stereocenters. The predicted octanol–water partition coefficient (Wildman–Crippen LogP) is 2.74. The number of fused-ring (bicyclic) bond motifs is 3. The highest BCUT2D eigenvalue weighted by molar-refractivity contribution is 7.80. The molecule has 1 unspecified atom stereocenters. The minimum atomic E-state index is 0.561. The van der Waals surface area contributed by atoms with Crippen LogP contribution in [0.5, 0.6) is 0 Å². The van der Waals surface area contributed by atoms with Gasteiger partial charge in [0.2, 0.25) is 0 Å². The summed E-state index contributed by atoms with van der Waals surface area (Å²) >= 11 is 5.38. The average Bonchev–Trinajstić information content (AvgIpc) is 2.61. The molecule has 3 aliphatic rings. The Hall–Kier alpha value is -1.90. The summed E-state index contributed by atoms with van der Waals surface area (Å²) in [5.41, 5.74) is 1.55. The van der Waals surface area contributed by atoms with Crippen molar-refractivity contribution in [3.8, 4) is 6.07 Å². The smallest absolute Gasteiger partial charge is 0.170 e. The van der Waals surface area contributed by atoms with Gasteiger partial charge in [0.15, 0.2) is 5.11 Å². The summed E-state index contributed by atoms with van der Waals surface area (Å²) in [6.45, 7) is 7.17. The molecule has 0 amide bonds. The number of hydrogen-bond donors (Lipinski definition) is 2. The van der Waals surface area contributed by atoms with E-state index in [2.05, 4.69) is 34.3 Å². The number of rotatable bonds is 4. The first-order valence-corrected chi connectivity index (χ1v) is 8.52. The van der Waals surface area contributed by atoms with Gasteiger partial charge in [0.25, 0.3) is 0 Å². The highest BCUT2D eigenvalue weighted by Gasteiger charge is 2.38. The molecule has 2 bridgehead atoms. The fourth-order valence-electron chi connectivity index (χ4n) is 3.67. The van der Waals surface area contributed by atoms with Crippen molar-refractivity contribution in [1.29, 1.82) is 5.26 Å². The van der Waals surface area contributed by atoms with Crippen molar-refractivity contribution in [2.75, 3.05) is 25.0 Å². The molecule has 0 aromatic heterocycles. The van der Waals surface area contributed by atoms with Crippen LogP contribution in [0.4, 0.5) is 5.69 Å². The van der Waals surface area contributed by atoms with Crippen LogP contribution < -0.4 is 10.6 Å². The Balaban J connectivity index is 1.48. The van der Waals surface area contributed by atoms with E-state index >= 15 is 0 Å². The molecular formula is C18H22N4S. The molecular weight excluding hydrogens is 304 g/mol. The summed E-state index contributed by atoms with van der Waals surface area (Å²) in [7, 11) is 0. The van der Waals surface area contributed by atoms with Gasteiger partial charge >= 0.3 is 0 Å². The summed E-state index contributed by atoms with van der Waals surface area (Å²) in [5, 5.41) is 16.0. The van der Waals surface area contributed by atoms with Gasteiger partial charge in [0.05, 0.1) is 11.6 Å². The van der Waals surface area contributed by atoms with E-state index in [1.807, 2.05) is 12.1 Å². The molecule has 3 aliphatic heterocycles. The predicted molar refractivity (Wildman–Crippen MR) is 97.2 cm³/mol. The SMILES string of the molecule is C=C[C@@H]1CN2CC[C@H]1C[C@@H]2CNC(=S)Nc1ccc(C#N)cc1. The Bertz CT molecular complexity index is 619. The first-order chi connectivity index (χ1) is 11.2. The lowest BCUT2D eigenvalue weighted by Crippen LogP contribution is -2.56. The standard InChI is InChI=1S/C18H22N4S/c1-2-14-12-22-8-7-15(14)9-17(22)11-20-18(23)21-16-5-3-13(10-19)4-6-16/h2-6,14-15,17H,1,7-9,11-12H2,(H2,20,21,23)/t14-,15+,17-/m1/s1. The molecule has 4 nitrogen and oxygen atoms in total. The average molecular weight is 326 g/mol. The second-order valence-corrected chi connectivity index (χ2v) is 6.77. The number of piperidine rings is 3. The molecule has 2 N–H and O–H groups in total. The minimum Gasteiger partial charge on any atom is -0.361 e. The third-order valence-corrected chi connectivity index (χ3v) is 5.25. The summed E-state index contributed by atoms with van der Waals surface area (Å²) in [6, 6.07) is 9.98. The molecule has 23 heavy (non-hydrogen) atoms. The van der Waals surface area contributed by atoms with Gasteiger partial charge in [-0.1, -0.05) is 6.08 Å². The molecule has 5 heteroatoms. The van der Waals surface area contributed by atoms with Gasteiger partial charge in [-0.25, -0.2) is 0 Å². The van der Waals surface area contributed by atoms with Crippen LogP contribution in [0.2, 0.25) is 0 Å². The molecule has 1 aromatic rings. The van der Waals surface area contributed by atoms with Crippen molar-refractivity contribution < 1.29 is 0 Å². The number of anilines is 1. The Kier molecular flexibility index (Phi) is 4.94. The van der Waals surface area contributed by atoms with Crippen LogP contribution in [0.15, 0.2) is 36.9 Å². The summed E-state index contributed by atoms with van der Waals surface area (Å²) in [4.78, 5) is 2.56. The van der Waals surface area contributed by atoms with Crippen molar-refractivity contribution >= 4 is 23.0 Å². The van der Waals surface area contributed by atoms with Crippen LogP contribution >= 0.6 is 12.2 Å². The number of nitriles is 1. The Morgan fingerprint density at radius 1 is 1.43 bits per heavy atom. The van der Waals surface area contributed by atoms with Crippen molar-refractivity contribution in [3.05, 3.63) is 42.5 Å².